The summed E-state index contributed by atoms with van der Waals surface area (Å²) in [6.07, 6.45) is 1.43. The zero-order valence-electron chi connectivity index (χ0n) is 13.1. The van der Waals surface area contributed by atoms with Gasteiger partial charge in [-0.3, -0.25) is 0 Å². The molecule has 0 N–H and O–H groups in total. The molecule has 23 heavy (non-hydrogen) atoms. The molecule has 0 spiro atoms. The van der Waals surface area contributed by atoms with Crippen molar-refractivity contribution in [2.24, 2.45) is 5.92 Å². The number of ether oxygens (including phenoxy) is 1. The number of allylic oxidation sites excluding steroid dienone is 2. The van der Waals surface area contributed by atoms with E-state index >= 15 is 0 Å². The molecular weight excluding hydrogens is 333 g/mol. The van der Waals surface area contributed by atoms with Crippen LogP contribution in [0.5, 0.6) is 0 Å². The molecule has 2 aliphatic rings. The highest BCUT2D eigenvalue weighted by molar-refractivity contribution is 6.42. The molecule has 1 aliphatic carbocycles. The minimum absolute atomic E-state index is 0.153. The fraction of sp³-hybridized carbons (Fsp3) is 0.389. The molecule has 1 aromatic carbocycles. The van der Waals surface area contributed by atoms with Crippen LogP contribution in [0.3, 0.4) is 0 Å². The van der Waals surface area contributed by atoms with E-state index in [0.717, 1.165) is 18.4 Å². The monoisotopic (exact) mass is 351 g/mol. The minimum Gasteiger partial charge on any atom is -0.416 e. The molecule has 1 aliphatic heterocycles. The van der Waals surface area contributed by atoms with E-state index in [1.54, 1.807) is 11.8 Å². The lowest BCUT2D eigenvalue weighted by molar-refractivity contribution is 0.135. The van der Waals surface area contributed by atoms with E-state index in [-0.39, 0.29) is 11.5 Å². The second kappa shape index (κ2) is 5.88. The summed E-state index contributed by atoms with van der Waals surface area (Å²) in [5, 5.41) is 1.08. The fourth-order valence-electron chi connectivity index (χ4n) is 3.89. The number of likely N-dealkylation sites (tertiary alicyclic amines) is 1. The molecule has 1 aromatic rings. The third-order valence-electron chi connectivity index (χ3n) is 4.81. The van der Waals surface area contributed by atoms with Crippen LogP contribution in [-0.2, 0) is 10.2 Å². The van der Waals surface area contributed by atoms with Crippen LogP contribution in [0.15, 0.2) is 42.7 Å². The summed E-state index contributed by atoms with van der Waals surface area (Å²) in [7, 11) is 0. The molecule has 0 bridgehead atoms. The number of halogens is 2. The van der Waals surface area contributed by atoms with Crippen LogP contribution < -0.4 is 0 Å². The van der Waals surface area contributed by atoms with Gasteiger partial charge in [-0.1, -0.05) is 48.0 Å². The molecule has 122 valence electrons. The van der Waals surface area contributed by atoms with Crippen molar-refractivity contribution in [1.82, 2.24) is 4.90 Å². The van der Waals surface area contributed by atoms with Gasteiger partial charge in [-0.25, -0.2) is 4.79 Å². The molecule has 1 saturated carbocycles. The van der Waals surface area contributed by atoms with Gasteiger partial charge in [0.2, 0.25) is 0 Å². The topological polar surface area (TPSA) is 29.5 Å². The van der Waals surface area contributed by atoms with E-state index in [4.69, 9.17) is 27.9 Å². The first-order valence-corrected chi connectivity index (χ1v) is 8.32. The van der Waals surface area contributed by atoms with Crippen molar-refractivity contribution in [2.45, 2.75) is 25.2 Å². The summed E-state index contributed by atoms with van der Waals surface area (Å²) >= 11 is 12.3. The van der Waals surface area contributed by atoms with Crippen LogP contribution >= 0.6 is 23.2 Å². The van der Waals surface area contributed by atoms with Crippen molar-refractivity contribution in [1.29, 1.82) is 0 Å². The van der Waals surface area contributed by atoms with E-state index < -0.39 is 0 Å². The molecule has 3 rings (SSSR count). The van der Waals surface area contributed by atoms with Gasteiger partial charge in [0.1, 0.15) is 0 Å². The van der Waals surface area contributed by atoms with Crippen LogP contribution in [0.1, 0.15) is 25.3 Å². The number of nitrogens with zero attached hydrogens (tertiary/aromatic N) is 1. The Balaban J connectivity index is 1.93. The largest absolute Gasteiger partial charge is 0.416 e. The Bertz CT molecular complexity index is 700. The van der Waals surface area contributed by atoms with Gasteiger partial charge in [0.15, 0.2) is 0 Å². The van der Waals surface area contributed by atoms with Crippen molar-refractivity contribution in [3.8, 4) is 0 Å². The van der Waals surface area contributed by atoms with Crippen molar-refractivity contribution in [3.05, 3.63) is 58.3 Å². The number of benzene rings is 1. The van der Waals surface area contributed by atoms with Crippen LogP contribution in [-0.4, -0.2) is 24.1 Å². The Hall–Kier alpha value is -1.45. The van der Waals surface area contributed by atoms with Gasteiger partial charge < -0.3 is 9.64 Å². The average molecular weight is 352 g/mol. The van der Waals surface area contributed by atoms with Gasteiger partial charge >= 0.3 is 6.09 Å². The molecule has 3 nitrogen and oxygen atoms in total. The predicted octanol–water partition coefficient (Wildman–Crippen LogP) is 5.18. The Kier molecular flexibility index (Phi) is 4.19. The molecule has 1 amide bonds. The molecular formula is C18H19Cl2NO2. The molecule has 1 saturated heterocycles. The Labute approximate surface area is 146 Å². The maximum atomic E-state index is 12.2. The van der Waals surface area contributed by atoms with Crippen molar-refractivity contribution >= 4 is 29.3 Å². The molecule has 0 radical (unpaired) electrons. The molecule has 5 heteroatoms. The van der Waals surface area contributed by atoms with E-state index in [1.165, 1.54) is 5.57 Å². The van der Waals surface area contributed by atoms with E-state index in [1.807, 2.05) is 18.2 Å². The van der Waals surface area contributed by atoms with Gasteiger partial charge in [-0.2, -0.15) is 0 Å². The highest BCUT2D eigenvalue weighted by Gasteiger charge is 2.53. The van der Waals surface area contributed by atoms with E-state index in [2.05, 4.69) is 13.2 Å². The van der Waals surface area contributed by atoms with Gasteiger partial charge in [0.25, 0.3) is 0 Å². The first-order valence-electron chi connectivity index (χ1n) is 7.56. The summed E-state index contributed by atoms with van der Waals surface area (Å²) in [4.78, 5) is 14.0. The maximum absolute atomic E-state index is 12.2. The van der Waals surface area contributed by atoms with E-state index in [0.29, 0.717) is 34.8 Å². The Morgan fingerprint density at radius 1 is 1.39 bits per heavy atom. The number of hydrogen-bond donors (Lipinski definition) is 0. The smallest absolute Gasteiger partial charge is 0.414 e. The third kappa shape index (κ3) is 2.88. The van der Waals surface area contributed by atoms with E-state index in [9.17, 15) is 4.79 Å². The number of amides is 1. The summed E-state index contributed by atoms with van der Waals surface area (Å²) in [6.45, 7) is 10.7. The standard InChI is InChI=1S/C18H19Cl2NO2/c1-11(2)23-17(22)21-9-14-6-12(3)8-18(14,10-21)13-4-5-15(19)16(20)7-13/h4-5,7,14H,1,3,6,8-10H2,2H3/t14-,18+/m1/s1. The number of carbonyl (C=O) groups excluding carboxylic acids is 1. The molecule has 2 atom stereocenters. The molecule has 0 aromatic heterocycles. The number of rotatable bonds is 2. The first-order chi connectivity index (χ1) is 10.8. The Morgan fingerprint density at radius 2 is 2.13 bits per heavy atom. The van der Waals surface area contributed by atoms with Crippen LogP contribution in [0.2, 0.25) is 10.0 Å². The summed E-state index contributed by atoms with van der Waals surface area (Å²) in [5.74, 6) is 0.727. The van der Waals surface area contributed by atoms with Gasteiger partial charge in [0.05, 0.1) is 15.8 Å². The van der Waals surface area contributed by atoms with Crippen molar-refractivity contribution < 1.29 is 9.53 Å². The summed E-state index contributed by atoms with van der Waals surface area (Å²) in [5.41, 5.74) is 2.18. The highest BCUT2D eigenvalue weighted by Crippen LogP contribution is 2.52. The quantitative estimate of drug-likeness (QED) is 0.542. The lowest BCUT2D eigenvalue weighted by Crippen LogP contribution is -2.34. The molecule has 2 fully saturated rings. The Morgan fingerprint density at radius 3 is 2.78 bits per heavy atom. The summed E-state index contributed by atoms with van der Waals surface area (Å²) in [6, 6.07) is 5.75. The SMILES string of the molecule is C=C1C[C@@H]2CN(C(=O)OC(=C)C)C[C@]2(c2ccc(Cl)c(Cl)c2)C1. The first kappa shape index (κ1) is 16.4. The van der Waals surface area contributed by atoms with Crippen LogP contribution in [0.4, 0.5) is 4.79 Å². The minimum atomic E-state index is -0.336. The maximum Gasteiger partial charge on any atom is 0.414 e. The van der Waals surface area contributed by atoms with Crippen molar-refractivity contribution in [2.75, 3.05) is 13.1 Å². The second-order valence-corrected chi connectivity index (χ2v) is 7.38. The second-order valence-electron chi connectivity index (χ2n) is 6.56. The van der Waals surface area contributed by atoms with Gasteiger partial charge in [-0.05, 0) is 43.4 Å². The fourth-order valence-corrected chi connectivity index (χ4v) is 4.19. The average Bonchev–Trinajstić information content (AvgIpc) is 2.94. The van der Waals surface area contributed by atoms with Gasteiger partial charge in [0, 0.05) is 18.5 Å². The zero-order chi connectivity index (χ0) is 16.8. The third-order valence-corrected chi connectivity index (χ3v) is 5.55. The lowest BCUT2D eigenvalue weighted by Gasteiger charge is -2.29. The number of fused-ring (bicyclic) bond motifs is 1. The zero-order valence-corrected chi connectivity index (χ0v) is 14.6. The molecule has 1 heterocycles. The highest BCUT2D eigenvalue weighted by atomic mass is 35.5. The molecule has 0 unspecified atom stereocenters. The van der Waals surface area contributed by atoms with Crippen molar-refractivity contribution in [3.63, 3.8) is 0 Å². The number of hydrogen-bond acceptors (Lipinski definition) is 2. The number of carbonyl (C=O) groups is 1. The predicted molar refractivity (Wildman–Crippen MR) is 92.9 cm³/mol. The van der Waals surface area contributed by atoms with Crippen LogP contribution in [0.25, 0.3) is 0 Å². The summed E-state index contributed by atoms with van der Waals surface area (Å²) < 4.78 is 5.17. The van der Waals surface area contributed by atoms with Crippen LogP contribution in [0, 0.1) is 5.92 Å². The van der Waals surface area contributed by atoms with Gasteiger partial charge in [-0.15, -0.1) is 0 Å². The lowest BCUT2D eigenvalue weighted by atomic mass is 9.74. The normalized spacial score (nSPS) is 26.3.